The van der Waals surface area contributed by atoms with E-state index < -0.39 is 0 Å². The molecular weight excluding hydrogens is 408 g/mol. The highest BCUT2D eigenvalue weighted by molar-refractivity contribution is 5.97. The molecule has 32 heavy (non-hydrogen) atoms. The molecule has 3 aromatic rings. The quantitative estimate of drug-likeness (QED) is 0.241. The first-order chi connectivity index (χ1) is 15.5. The molecule has 0 bridgehead atoms. The van der Waals surface area contributed by atoms with Gasteiger partial charge in [-0.1, -0.05) is 25.5 Å². The summed E-state index contributed by atoms with van der Waals surface area (Å²) in [6.45, 7) is 4.37. The first-order valence-electron chi connectivity index (χ1n) is 10.7. The van der Waals surface area contributed by atoms with Crippen molar-refractivity contribution < 1.29 is 28.9 Å². The Morgan fingerprint density at radius 3 is 2.28 bits per heavy atom. The van der Waals surface area contributed by atoms with Gasteiger partial charge in [-0.3, -0.25) is 9.59 Å². The van der Waals surface area contributed by atoms with E-state index in [2.05, 4.69) is 0 Å². The van der Waals surface area contributed by atoms with Gasteiger partial charge >= 0.3 is 0 Å². The van der Waals surface area contributed by atoms with Crippen molar-refractivity contribution in [2.24, 2.45) is 0 Å². The Kier molecular flexibility index (Phi) is 8.08. The molecule has 168 valence electrons. The second-order valence-corrected chi connectivity index (χ2v) is 7.44. The van der Waals surface area contributed by atoms with Crippen LogP contribution in [0.15, 0.2) is 48.5 Å². The number of phenols is 1. The average Bonchev–Trinajstić information content (AvgIpc) is 2.79. The molecule has 0 spiro atoms. The van der Waals surface area contributed by atoms with Crippen LogP contribution in [0, 0.1) is 0 Å². The standard InChI is InChI=1S/C26H28O6/c1-3-5-24-25(11-10-23(18(2)28)26(24)29)32-14-4-13-30-21-8-6-19-7-9-22(31-15-12-27)17-20(19)16-21/h6-12,16-17,29H,3-5,13-15H2,1-2H3. The summed E-state index contributed by atoms with van der Waals surface area (Å²) in [5, 5.41) is 12.4. The van der Waals surface area contributed by atoms with Crippen LogP contribution in [0.25, 0.3) is 10.8 Å². The van der Waals surface area contributed by atoms with Gasteiger partial charge in [-0.25, -0.2) is 0 Å². The average molecular weight is 437 g/mol. The van der Waals surface area contributed by atoms with Crippen LogP contribution in [0.5, 0.6) is 23.0 Å². The van der Waals surface area contributed by atoms with Crippen LogP contribution in [-0.2, 0) is 11.2 Å². The van der Waals surface area contributed by atoms with Crippen molar-refractivity contribution in [3.8, 4) is 23.0 Å². The number of hydrogen-bond acceptors (Lipinski definition) is 6. The molecule has 3 aromatic carbocycles. The van der Waals surface area contributed by atoms with E-state index in [4.69, 9.17) is 14.2 Å². The molecule has 3 rings (SSSR count). The third kappa shape index (κ3) is 5.78. The van der Waals surface area contributed by atoms with E-state index in [1.54, 1.807) is 12.1 Å². The van der Waals surface area contributed by atoms with Crippen molar-refractivity contribution in [2.75, 3.05) is 19.8 Å². The molecule has 0 aliphatic heterocycles. The summed E-state index contributed by atoms with van der Waals surface area (Å²) in [5.41, 5.74) is 0.989. The number of aldehydes is 1. The van der Waals surface area contributed by atoms with Gasteiger partial charge in [0.25, 0.3) is 0 Å². The summed E-state index contributed by atoms with van der Waals surface area (Å²) < 4.78 is 17.1. The van der Waals surface area contributed by atoms with Crippen LogP contribution in [0.3, 0.4) is 0 Å². The van der Waals surface area contributed by atoms with Gasteiger partial charge in [-0.2, -0.15) is 0 Å². The maximum Gasteiger partial charge on any atom is 0.163 e. The van der Waals surface area contributed by atoms with Crippen molar-refractivity contribution in [2.45, 2.75) is 33.1 Å². The Balaban J connectivity index is 1.56. The zero-order chi connectivity index (χ0) is 22.9. The molecule has 0 amide bonds. The molecule has 1 N–H and O–H groups in total. The lowest BCUT2D eigenvalue weighted by molar-refractivity contribution is -0.109. The molecule has 0 aliphatic rings. The molecule has 6 nitrogen and oxygen atoms in total. The van der Waals surface area contributed by atoms with Crippen LogP contribution in [0.4, 0.5) is 0 Å². The Morgan fingerprint density at radius 2 is 1.62 bits per heavy atom. The Labute approximate surface area is 187 Å². The van der Waals surface area contributed by atoms with Crippen LogP contribution in [0.1, 0.15) is 42.6 Å². The number of carbonyl (C=O) groups excluding carboxylic acids is 2. The number of ether oxygens (including phenoxy) is 3. The zero-order valence-corrected chi connectivity index (χ0v) is 18.4. The number of aromatic hydroxyl groups is 1. The molecule has 0 saturated heterocycles. The number of hydrogen-bond donors (Lipinski definition) is 1. The van der Waals surface area contributed by atoms with Gasteiger partial charge in [-0.05, 0) is 60.5 Å². The van der Waals surface area contributed by atoms with Crippen molar-refractivity contribution in [3.63, 3.8) is 0 Å². The SMILES string of the molecule is CCCc1c(OCCCOc2ccc3ccc(OCC=O)cc3c2)ccc(C(C)=O)c1O. The summed E-state index contributed by atoms with van der Waals surface area (Å²) in [6.07, 6.45) is 2.84. The fraction of sp³-hybridized carbons (Fsp3) is 0.308. The topological polar surface area (TPSA) is 82.1 Å². The molecule has 0 unspecified atom stereocenters. The molecule has 6 heteroatoms. The van der Waals surface area contributed by atoms with Crippen LogP contribution in [-0.4, -0.2) is 37.0 Å². The van der Waals surface area contributed by atoms with E-state index in [-0.39, 0.29) is 18.1 Å². The van der Waals surface area contributed by atoms with E-state index in [0.717, 1.165) is 29.2 Å². The number of carbonyl (C=O) groups is 2. The van der Waals surface area contributed by atoms with Gasteiger partial charge in [0.05, 0.1) is 18.8 Å². The van der Waals surface area contributed by atoms with E-state index in [1.165, 1.54) is 6.92 Å². The van der Waals surface area contributed by atoms with Crippen LogP contribution >= 0.6 is 0 Å². The third-order valence-electron chi connectivity index (χ3n) is 5.04. The fourth-order valence-corrected chi connectivity index (χ4v) is 3.47. The third-order valence-corrected chi connectivity index (χ3v) is 5.04. The van der Waals surface area contributed by atoms with Crippen LogP contribution in [0.2, 0.25) is 0 Å². The van der Waals surface area contributed by atoms with Crippen LogP contribution < -0.4 is 14.2 Å². The second-order valence-electron chi connectivity index (χ2n) is 7.44. The number of benzene rings is 3. The molecule has 0 radical (unpaired) electrons. The molecular formula is C26H28O6. The van der Waals surface area contributed by atoms with Crippen molar-refractivity contribution >= 4 is 22.8 Å². The van der Waals surface area contributed by atoms with E-state index in [1.807, 2.05) is 43.3 Å². The lowest BCUT2D eigenvalue weighted by atomic mass is 10.0. The molecule has 0 aromatic heterocycles. The van der Waals surface area contributed by atoms with E-state index >= 15 is 0 Å². The summed E-state index contributed by atoms with van der Waals surface area (Å²) in [6, 6.07) is 14.8. The number of ketones is 1. The maximum absolute atomic E-state index is 11.7. The van der Waals surface area contributed by atoms with Gasteiger partial charge in [0.15, 0.2) is 12.1 Å². The number of phenolic OH excluding ortho intramolecular Hbond substituents is 1. The van der Waals surface area contributed by atoms with E-state index in [9.17, 15) is 14.7 Å². The first kappa shape index (κ1) is 23.1. The highest BCUT2D eigenvalue weighted by Gasteiger charge is 2.15. The van der Waals surface area contributed by atoms with Gasteiger partial charge in [-0.15, -0.1) is 0 Å². The van der Waals surface area contributed by atoms with Gasteiger partial charge in [0, 0.05) is 12.0 Å². The largest absolute Gasteiger partial charge is 0.507 e. The number of rotatable bonds is 12. The molecule has 0 fully saturated rings. The number of fused-ring (bicyclic) bond motifs is 1. The highest BCUT2D eigenvalue weighted by atomic mass is 16.5. The number of Topliss-reactive ketones (excluding diaryl/α,β-unsaturated/α-hetero) is 1. The normalized spacial score (nSPS) is 10.7. The predicted octanol–water partition coefficient (Wildman–Crippen LogP) is 5.13. The molecule has 0 heterocycles. The summed E-state index contributed by atoms with van der Waals surface area (Å²) in [4.78, 5) is 22.2. The highest BCUT2D eigenvalue weighted by Crippen LogP contribution is 2.33. The first-order valence-corrected chi connectivity index (χ1v) is 10.7. The van der Waals surface area contributed by atoms with Crippen molar-refractivity contribution in [3.05, 3.63) is 59.7 Å². The van der Waals surface area contributed by atoms with E-state index in [0.29, 0.717) is 48.7 Å². The van der Waals surface area contributed by atoms with Crippen molar-refractivity contribution in [1.82, 2.24) is 0 Å². The minimum absolute atomic E-state index is 0.0146. The fourth-order valence-electron chi connectivity index (χ4n) is 3.47. The summed E-state index contributed by atoms with van der Waals surface area (Å²) >= 11 is 0. The van der Waals surface area contributed by atoms with Crippen molar-refractivity contribution in [1.29, 1.82) is 0 Å². The zero-order valence-electron chi connectivity index (χ0n) is 18.4. The Morgan fingerprint density at radius 1 is 0.938 bits per heavy atom. The molecule has 0 aliphatic carbocycles. The Hall–Kier alpha value is -3.54. The van der Waals surface area contributed by atoms with Gasteiger partial charge in [0.2, 0.25) is 0 Å². The lowest BCUT2D eigenvalue weighted by Crippen LogP contribution is -2.07. The van der Waals surface area contributed by atoms with Gasteiger partial charge < -0.3 is 19.3 Å². The molecule has 0 atom stereocenters. The summed E-state index contributed by atoms with van der Waals surface area (Å²) in [7, 11) is 0. The summed E-state index contributed by atoms with van der Waals surface area (Å²) in [5.74, 6) is 1.82. The predicted molar refractivity (Wildman–Crippen MR) is 123 cm³/mol. The lowest BCUT2D eigenvalue weighted by Gasteiger charge is -2.15. The maximum atomic E-state index is 11.7. The minimum atomic E-state index is -0.169. The smallest absolute Gasteiger partial charge is 0.163 e. The molecule has 0 saturated carbocycles. The van der Waals surface area contributed by atoms with Gasteiger partial charge in [0.1, 0.15) is 29.6 Å². The monoisotopic (exact) mass is 436 g/mol. The Bertz CT molecular complexity index is 1090. The minimum Gasteiger partial charge on any atom is -0.507 e. The second kappa shape index (κ2) is 11.2.